The first-order chi connectivity index (χ1) is 16.5. The third-order valence-electron chi connectivity index (χ3n) is 5.19. The van der Waals surface area contributed by atoms with Gasteiger partial charge in [0.05, 0.1) is 24.2 Å². The van der Waals surface area contributed by atoms with Crippen LogP contribution in [0.4, 0.5) is 4.39 Å². The van der Waals surface area contributed by atoms with Crippen molar-refractivity contribution in [2.24, 2.45) is 0 Å². The highest BCUT2D eigenvalue weighted by molar-refractivity contribution is 5.97. The van der Waals surface area contributed by atoms with Gasteiger partial charge in [-0.3, -0.25) is 14.4 Å². The van der Waals surface area contributed by atoms with Crippen molar-refractivity contribution >= 4 is 22.7 Å². The largest absolute Gasteiger partial charge is 0.383 e. The van der Waals surface area contributed by atoms with E-state index in [0.717, 1.165) is 0 Å². The molecule has 174 valence electrons. The van der Waals surface area contributed by atoms with Crippen molar-refractivity contribution in [3.05, 3.63) is 90.0 Å². The normalized spacial score (nSPS) is 12.8. The Morgan fingerprint density at radius 1 is 1.15 bits per heavy atom. The number of aliphatic hydroxyl groups is 1. The number of amides is 2. The predicted octanol–water partition coefficient (Wildman–Crippen LogP) is 2.46. The van der Waals surface area contributed by atoms with Crippen LogP contribution < -0.4 is 10.8 Å². The molecule has 2 aromatic carbocycles. The van der Waals surface area contributed by atoms with Gasteiger partial charge in [-0.25, -0.2) is 19.5 Å². The van der Waals surface area contributed by atoms with Crippen LogP contribution in [0.3, 0.4) is 0 Å². The van der Waals surface area contributed by atoms with Crippen LogP contribution in [0.5, 0.6) is 0 Å². The summed E-state index contributed by atoms with van der Waals surface area (Å²) in [4.78, 5) is 34.1. The first-order valence-corrected chi connectivity index (χ1v) is 10.4. The number of carbonyl (C=O) groups excluding carboxylic acids is 2. The molecule has 3 N–H and O–H groups in total. The summed E-state index contributed by atoms with van der Waals surface area (Å²) in [5.74, 6) is -1.38. The second kappa shape index (κ2) is 10.2. The second-order valence-corrected chi connectivity index (χ2v) is 7.51. The molecule has 9 nitrogen and oxygen atoms in total. The number of pyridine rings is 1. The van der Waals surface area contributed by atoms with Crippen LogP contribution in [0.15, 0.2) is 73.1 Å². The van der Waals surface area contributed by atoms with Crippen molar-refractivity contribution in [2.75, 3.05) is 7.11 Å². The topological polar surface area (TPSA) is 118 Å². The van der Waals surface area contributed by atoms with Crippen LogP contribution in [0.2, 0.25) is 0 Å². The molecule has 2 aromatic heterocycles. The van der Waals surface area contributed by atoms with Gasteiger partial charge in [-0.15, -0.1) is 0 Å². The lowest BCUT2D eigenvalue weighted by Gasteiger charge is -2.22. The van der Waals surface area contributed by atoms with Crippen LogP contribution in [0.25, 0.3) is 16.7 Å². The van der Waals surface area contributed by atoms with Gasteiger partial charge in [0.1, 0.15) is 11.9 Å². The summed E-state index contributed by atoms with van der Waals surface area (Å²) in [6.45, 7) is 0. The van der Waals surface area contributed by atoms with Crippen LogP contribution >= 0.6 is 0 Å². The van der Waals surface area contributed by atoms with Crippen LogP contribution in [0, 0.1) is 5.82 Å². The number of halogens is 1. The summed E-state index contributed by atoms with van der Waals surface area (Å²) >= 11 is 0. The zero-order chi connectivity index (χ0) is 24.1. The van der Waals surface area contributed by atoms with Gasteiger partial charge >= 0.3 is 0 Å². The first-order valence-electron chi connectivity index (χ1n) is 10.4. The zero-order valence-corrected chi connectivity index (χ0v) is 18.2. The fourth-order valence-electron chi connectivity index (χ4n) is 3.55. The summed E-state index contributed by atoms with van der Waals surface area (Å²) in [6, 6.07) is 15.7. The van der Waals surface area contributed by atoms with E-state index in [-0.39, 0.29) is 17.8 Å². The Hall–Kier alpha value is -4.15. The number of nitrogens with zero attached hydrogens (tertiary/aromatic N) is 3. The van der Waals surface area contributed by atoms with Crippen molar-refractivity contribution in [3.8, 4) is 5.82 Å². The molecule has 2 heterocycles. The molecule has 10 heteroatoms. The van der Waals surface area contributed by atoms with Crippen molar-refractivity contribution < 1.29 is 23.9 Å². The van der Waals surface area contributed by atoms with Gasteiger partial charge in [0, 0.05) is 30.3 Å². The Balaban J connectivity index is 1.63. The van der Waals surface area contributed by atoms with Crippen molar-refractivity contribution in [1.82, 2.24) is 25.6 Å². The van der Waals surface area contributed by atoms with Crippen molar-refractivity contribution in [1.29, 1.82) is 0 Å². The van der Waals surface area contributed by atoms with Gasteiger partial charge < -0.3 is 10.4 Å². The molecule has 0 aliphatic carbocycles. The smallest absolute Gasteiger partial charge is 0.272 e. The Labute approximate surface area is 194 Å². The lowest BCUT2D eigenvalue weighted by Crippen LogP contribution is -2.38. The molecule has 0 aliphatic heterocycles. The van der Waals surface area contributed by atoms with Crippen LogP contribution in [-0.2, 0) is 9.63 Å². The molecular weight excluding hydrogens is 441 g/mol. The Morgan fingerprint density at radius 3 is 2.71 bits per heavy atom. The highest BCUT2D eigenvalue weighted by atomic mass is 19.1. The van der Waals surface area contributed by atoms with Gasteiger partial charge in [0.25, 0.3) is 11.8 Å². The SMILES string of the molecule is CONC(=O)C(O)CC(NC(=O)c1cccnc1-n1cc2ccc(F)cc2n1)c1ccccc1. The highest BCUT2D eigenvalue weighted by Gasteiger charge is 2.25. The maximum atomic E-state index is 13.6. The van der Waals surface area contributed by atoms with Crippen LogP contribution in [-0.4, -0.2) is 44.9 Å². The fraction of sp³-hybridized carbons (Fsp3) is 0.167. The van der Waals surface area contributed by atoms with E-state index in [2.05, 4.69) is 25.7 Å². The van der Waals surface area contributed by atoms with E-state index in [9.17, 15) is 19.1 Å². The predicted molar refractivity (Wildman–Crippen MR) is 121 cm³/mol. The van der Waals surface area contributed by atoms with Gasteiger partial charge in [-0.05, 0) is 29.8 Å². The average molecular weight is 463 g/mol. The molecule has 2 amide bonds. The van der Waals surface area contributed by atoms with Gasteiger partial charge in [0.2, 0.25) is 0 Å². The molecule has 0 bridgehead atoms. The molecule has 4 rings (SSSR count). The molecule has 0 aliphatic rings. The van der Waals surface area contributed by atoms with E-state index in [1.165, 1.54) is 30.1 Å². The summed E-state index contributed by atoms with van der Waals surface area (Å²) in [5, 5.41) is 18.2. The van der Waals surface area contributed by atoms with E-state index in [1.54, 1.807) is 48.7 Å². The molecular formula is C24H22FN5O4. The number of rotatable bonds is 8. The molecule has 0 spiro atoms. The third kappa shape index (κ3) is 5.08. The number of carbonyl (C=O) groups is 2. The minimum Gasteiger partial charge on any atom is -0.383 e. The summed E-state index contributed by atoms with van der Waals surface area (Å²) < 4.78 is 15.0. The number of aliphatic hydroxyl groups excluding tert-OH is 1. The quantitative estimate of drug-likeness (QED) is 0.346. The highest BCUT2D eigenvalue weighted by Crippen LogP contribution is 2.22. The maximum absolute atomic E-state index is 13.6. The number of hydrogen-bond donors (Lipinski definition) is 3. The van der Waals surface area contributed by atoms with E-state index in [4.69, 9.17) is 0 Å². The van der Waals surface area contributed by atoms with E-state index in [1.807, 2.05) is 6.07 Å². The molecule has 4 aromatic rings. The van der Waals surface area contributed by atoms with E-state index >= 15 is 0 Å². The molecule has 0 radical (unpaired) electrons. The van der Waals surface area contributed by atoms with Crippen LogP contribution in [0.1, 0.15) is 28.4 Å². The zero-order valence-electron chi connectivity index (χ0n) is 18.2. The first kappa shape index (κ1) is 23.0. The molecule has 2 atom stereocenters. The minimum atomic E-state index is -1.43. The molecule has 0 fully saturated rings. The molecule has 0 saturated carbocycles. The number of hydrogen-bond acceptors (Lipinski definition) is 6. The number of benzene rings is 2. The summed E-state index contributed by atoms with van der Waals surface area (Å²) in [7, 11) is 1.26. The van der Waals surface area contributed by atoms with E-state index < -0.39 is 29.8 Å². The van der Waals surface area contributed by atoms with Crippen molar-refractivity contribution in [3.63, 3.8) is 0 Å². The summed E-state index contributed by atoms with van der Waals surface area (Å²) in [6.07, 6.45) is 1.66. The maximum Gasteiger partial charge on any atom is 0.272 e. The Morgan fingerprint density at radius 2 is 1.94 bits per heavy atom. The van der Waals surface area contributed by atoms with E-state index in [0.29, 0.717) is 16.5 Å². The Bertz CT molecular complexity index is 1310. The standard InChI is InChI=1S/C24H22FN5O4/c1-34-29-24(33)21(31)13-19(15-6-3-2-4-7-15)27-23(32)18-8-5-11-26-22(18)30-14-16-9-10-17(25)12-20(16)28-30/h2-12,14,19,21,31H,13H2,1H3,(H,27,32)(H,29,33). The monoisotopic (exact) mass is 463 g/mol. The number of aromatic nitrogens is 3. The lowest BCUT2D eigenvalue weighted by molar-refractivity contribution is -0.140. The Kier molecular flexibility index (Phi) is 6.90. The minimum absolute atomic E-state index is 0.0918. The number of nitrogens with one attached hydrogen (secondary N) is 2. The third-order valence-corrected chi connectivity index (χ3v) is 5.19. The number of hydroxylamine groups is 1. The van der Waals surface area contributed by atoms with Gasteiger partial charge in [-0.1, -0.05) is 30.3 Å². The molecule has 34 heavy (non-hydrogen) atoms. The molecule has 2 unspecified atom stereocenters. The lowest BCUT2D eigenvalue weighted by atomic mass is 9.99. The average Bonchev–Trinajstić information content (AvgIpc) is 3.27. The summed E-state index contributed by atoms with van der Waals surface area (Å²) in [5.41, 5.74) is 3.42. The molecule has 0 saturated heterocycles. The fourth-order valence-corrected chi connectivity index (χ4v) is 3.55. The van der Waals surface area contributed by atoms with Crippen molar-refractivity contribution in [2.45, 2.75) is 18.6 Å². The van der Waals surface area contributed by atoms with Gasteiger partial charge in [-0.2, -0.15) is 5.10 Å². The van der Waals surface area contributed by atoms with Gasteiger partial charge in [0.15, 0.2) is 5.82 Å². The number of fused-ring (bicyclic) bond motifs is 1. The second-order valence-electron chi connectivity index (χ2n) is 7.51.